The van der Waals surface area contributed by atoms with Gasteiger partial charge in [-0.05, 0) is 38.8 Å². The third kappa shape index (κ3) is 2.31. The number of rotatable bonds is 6. The van der Waals surface area contributed by atoms with Gasteiger partial charge in [-0.2, -0.15) is 0 Å². The van der Waals surface area contributed by atoms with Crippen LogP contribution in [0.25, 0.3) is 0 Å². The monoisotopic (exact) mass is 209 g/mol. The van der Waals surface area contributed by atoms with E-state index in [4.69, 9.17) is 0 Å². The van der Waals surface area contributed by atoms with Crippen molar-refractivity contribution < 1.29 is 4.79 Å². The third-order valence-electron chi connectivity index (χ3n) is 3.73. The molecule has 0 aliphatic carbocycles. The van der Waals surface area contributed by atoms with Gasteiger partial charge in [-0.15, -0.1) is 6.58 Å². The highest BCUT2D eigenvalue weighted by Crippen LogP contribution is 2.30. The molecule has 2 heteroatoms. The molecule has 1 fully saturated rings. The normalized spacial score (nSPS) is 18.0. The molecular weight excluding hydrogens is 186 g/mol. The predicted molar refractivity (Wildman–Crippen MR) is 63.9 cm³/mol. The van der Waals surface area contributed by atoms with E-state index >= 15 is 0 Å². The maximum absolute atomic E-state index is 12.2. The number of carbonyl (C=O) groups excluding carboxylic acids is 1. The van der Waals surface area contributed by atoms with Crippen molar-refractivity contribution in [3.05, 3.63) is 12.7 Å². The second kappa shape index (κ2) is 5.45. The van der Waals surface area contributed by atoms with Crippen LogP contribution in [-0.2, 0) is 4.79 Å². The quantitative estimate of drug-likeness (QED) is 0.627. The molecule has 0 saturated carbocycles. The van der Waals surface area contributed by atoms with Crippen LogP contribution < -0.4 is 0 Å². The van der Waals surface area contributed by atoms with Gasteiger partial charge in [0.25, 0.3) is 0 Å². The standard InChI is InChI=1S/C13H23NO/c1-4-9-12(15)13(5-2,6-3)14-10-7-8-11-14/h4H,1,5-11H2,2-3H3. The van der Waals surface area contributed by atoms with E-state index in [0.29, 0.717) is 12.2 Å². The Labute approximate surface area is 93.3 Å². The zero-order valence-electron chi connectivity index (χ0n) is 10.1. The van der Waals surface area contributed by atoms with Crippen LogP contribution in [0.4, 0.5) is 0 Å². The van der Waals surface area contributed by atoms with Crippen LogP contribution in [0.1, 0.15) is 46.0 Å². The van der Waals surface area contributed by atoms with Gasteiger partial charge in [-0.1, -0.05) is 19.9 Å². The van der Waals surface area contributed by atoms with E-state index in [1.54, 1.807) is 6.08 Å². The summed E-state index contributed by atoms with van der Waals surface area (Å²) in [5.41, 5.74) is -0.204. The molecule has 0 radical (unpaired) electrons. The maximum atomic E-state index is 12.2. The molecule has 0 aromatic heterocycles. The summed E-state index contributed by atoms with van der Waals surface area (Å²) in [6.07, 6.45) is 6.58. The number of ketones is 1. The smallest absolute Gasteiger partial charge is 0.156 e. The Bertz CT molecular complexity index is 225. The fourth-order valence-electron chi connectivity index (χ4n) is 2.73. The van der Waals surface area contributed by atoms with E-state index in [1.165, 1.54) is 12.8 Å². The van der Waals surface area contributed by atoms with E-state index in [-0.39, 0.29) is 5.54 Å². The minimum absolute atomic E-state index is 0.204. The van der Waals surface area contributed by atoms with Gasteiger partial charge in [0.1, 0.15) is 0 Å². The lowest BCUT2D eigenvalue weighted by molar-refractivity contribution is -0.130. The van der Waals surface area contributed by atoms with Crippen LogP contribution in [0.2, 0.25) is 0 Å². The molecule has 0 spiro atoms. The minimum atomic E-state index is -0.204. The molecule has 0 bridgehead atoms. The van der Waals surface area contributed by atoms with Crippen molar-refractivity contribution in [3.63, 3.8) is 0 Å². The van der Waals surface area contributed by atoms with E-state index in [0.717, 1.165) is 25.9 Å². The molecule has 1 aliphatic heterocycles. The number of allylic oxidation sites excluding steroid dienone is 1. The summed E-state index contributed by atoms with van der Waals surface area (Å²) in [5.74, 6) is 0.351. The number of nitrogens with zero attached hydrogens (tertiary/aromatic N) is 1. The summed E-state index contributed by atoms with van der Waals surface area (Å²) >= 11 is 0. The number of carbonyl (C=O) groups is 1. The average Bonchev–Trinajstić information content (AvgIpc) is 2.75. The Kier molecular flexibility index (Phi) is 4.52. The van der Waals surface area contributed by atoms with Gasteiger partial charge >= 0.3 is 0 Å². The number of hydrogen-bond acceptors (Lipinski definition) is 2. The molecule has 1 aliphatic rings. The maximum Gasteiger partial charge on any atom is 0.156 e. The molecule has 0 aromatic rings. The first kappa shape index (κ1) is 12.4. The molecule has 0 amide bonds. The Morgan fingerprint density at radius 3 is 2.27 bits per heavy atom. The fraction of sp³-hybridized carbons (Fsp3) is 0.769. The van der Waals surface area contributed by atoms with Crippen molar-refractivity contribution in [2.24, 2.45) is 0 Å². The lowest BCUT2D eigenvalue weighted by Gasteiger charge is -2.39. The highest BCUT2D eigenvalue weighted by molar-refractivity contribution is 5.89. The van der Waals surface area contributed by atoms with Crippen LogP contribution >= 0.6 is 0 Å². The Morgan fingerprint density at radius 1 is 1.33 bits per heavy atom. The van der Waals surface area contributed by atoms with Crippen LogP contribution in [0.3, 0.4) is 0 Å². The Morgan fingerprint density at radius 2 is 1.87 bits per heavy atom. The number of likely N-dealkylation sites (tertiary alicyclic amines) is 1. The van der Waals surface area contributed by atoms with E-state index < -0.39 is 0 Å². The molecule has 2 nitrogen and oxygen atoms in total. The summed E-state index contributed by atoms with van der Waals surface area (Å²) in [5, 5.41) is 0. The van der Waals surface area contributed by atoms with Gasteiger partial charge in [0.05, 0.1) is 5.54 Å². The van der Waals surface area contributed by atoms with Crippen LogP contribution in [0.15, 0.2) is 12.7 Å². The van der Waals surface area contributed by atoms with Crippen molar-refractivity contribution in [1.29, 1.82) is 0 Å². The molecule has 1 heterocycles. The van der Waals surface area contributed by atoms with Gasteiger partial charge in [0, 0.05) is 6.42 Å². The molecule has 1 saturated heterocycles. The predicted octanol–water partition coefficient (Wildman–Crippen LogP) is 2.79. The van der Waals surface area contributed by atoms with Gasteiger partial charge < -0.3 is 0 Å². The van der Waals surface area contributed by atoms with E-state index in [2.05, 4.69) is 25.3 Å². The van der Waals surface area contributed by atoms with Gasteiger partial charge in [-0.25, -0.2) is 0 Å². The van der Waals surface area contributed by atoms with Crippen LogP contribution in [0, 0.1) is 0 Å². The molecule has 0 N–H and O–H groups in total. The van der Waals surface area contributed by atoms with Crippen molar-refractivity contribution >= 4 is 5.78 Å². The topological polar surface area (TPSA) is 20.3 Å². The zero-order chi connectivity index (χ0) is 11.3. The molecular formula is C13H23NO. The second-order valence-corrected chi connectivity index (χ2v) is 4.35. The second-order valence-electron chi connectivity index (χ2n) is 4.35. The Hall–Kier alpha value is -0.630. The largest absolute Gasteiger partial charge is 0.297 e. The lowest BCUT2D eigenvalue weighted by Crippen LogP contribution is -2.52. The summed E-state index contributed by atoms with van der Waals surface area (Å²) in [4.78, 5) is 14.6. The van der Waals surface area contributed by atoms with E-state index in [1.807, 2.05) is 0 Å². The van der Waals surface area contributed by atoms with Gasteiger partial charge in [0.15, 0.2) is 5.78 Å². The summed E-state index contributed by atoms with van der Waals surface area (Å²) < 4.78 is 0. The zero-order valence-corrected chi connectivity index (χ0v) is 10.1. The SMILES string of the molecule is C=CCC(=O)C(CC)(CC)N1CCCC1. The highest BCUT2D eigenvalue weighted by Gasteiger charge is 2.40. The summed E-state index contributed by atoms with van der Waals surface area (Å²) in [7, 11) is 0. The van der Waals surface area contributed by atoms with Gasteiger partial charge in [0.2, 0.25) is 0 Å². The number of Topliss-reactive ketones (excluding diaryl/α,β-unsaturated/α-hetero) is 1. The van der Waals surface area contributed by atoms with Crippen molar-refractivity contribution in [3.8, 4) is 0 Å². The summed E-state index contributed by atoms with van der Waals surface area (Å²) in [6.45, 7) is 10.1. The molecule has 0 aromatic carbocycles. The molecule has 0 atom stereocenters. The first-order valence-corrected chi connectivity index (χ1v) is 6.10. The van der Waals surface area contributed by atoms with Crippen molar-refractivity contribution in [1.82, 2.24) is 4.90 Å². The summed E-state index contributed by atoms with van der Waals surface area (Å²) in [6, 6.07) is 0. The van der Waals surface area contributed by atoms with Crippen LogP contribution in [0.5, 0.6) is 0 Å². The third-order valence-corrected chi connectivity index (χ3v) is 3.73. The minimum Gasteiger partial charge on any atom is -0.297 e. The van der Waals surface area contributed by atoms with Crippen LogP contribution in [-0.4, -0.2) is 29.3 Å². The van der Waals surface area contributed by atoms with Gasteiger partial charge in [-0.3, -0.25) is 9.69 Å². The highest BCUT2D eigenvalue weighted by atomic mass is 16.1. The molecule has 1 rings (SSSR count). The van der Waals surface area contributed by atoms with Crippen molar-refractivity contribution in [2.45, 2.75) is 51.5 Å². The molecule has 86 valence electrons. The first-order valence-electron chi connectivity index (χ1n) is 6.10. The average molecular weight is 209 g/mol. The molecule has 0 unspecified atom stereocenters. The lowest BCUT2D eigenvalue weighted by atomic mass is 9.84. The molecule has 15 heavy (non-hydrogen) atoms. The first-order chi connectivity index (χ1) is 7.21. The van der Waals surface area contributed by atoms with Crippen molar-refractivity contribution in [2.75, 3.05) is 13.1 Å². The van der Waals surface area contributed by atoms with E-state index in [9.17, 15) is 4.79 Å². The fourth-order valence-corrected chi connectivity index (χ4v) is 2.73. The Balaban J connectivity index is 2.84. The number of hydrogen-bond donors (Lipinski definition) is 0.